The van der Waals surface area contributed by atoms with E-state index in [0.717, 1.165) is 12.8 Å². The van der Waals surface area contributed by atoms with E-state index in [0.29, 0.717) is 6.04 Å². The number of nitrogens with one attached hydrogen (secondary N) is 2. The van der Waals surface area contributed by atoms with Crippen molar-refractivity contribution < 1.29 is 9.59 Å². The summed E-state index contributed by atoms with van der Waals surface area (Å²) < 4.78 is 0. The molecule has 0 aliphatic rings. The van der Waals surface area contributed by atoms with Gasteiger partial charge in [0.05, 0.1) is 6.54 Å². The summed E-state index contributed by atoms with van der Waals surface area (Å²) >= 11 is 0. The highest BCUT2D eigenvalue weighted by atomic mass is 16.2. The Hall–Kier alpha value is -1.10. The lowest BCUT2D eigenvalue weighted by molar-refractivity contribution is -0.119. The molecule has 0 saturated carbocycles. The van der Waals surface area contributed by atoms with Gasteiger partial charge in [-0.3, -0.25) is 10.1 Å². The normalized spacial score (nSPS) is 10.1. The summed E-state index contributed by atoms with van der Waals surface area (Å²) in [6.07, 6.45) is 1.92. The van der Waals surface area contributed by atoms with E-state index in [1.54, 1.807) is 0 Å². The van der Waals surface area contributed by atoms with Crippen molar-refractivity contribution in [2.24, 2.45) is 5.73 Å². The first kappa shape index (κ1) is 11.9. The summed E-state index contributed by atoms with van der Waals surface area (Å²) in [7, 11) is 0. The summed E-state index contributed by atoms with van der Waals surface area (Å²) in [6, 6.07) is -0.491. The van der Waals surface area contributed by atoms with Crippen LogP contribution in [0.25, 0.3) is 0 Å². The summed E-state index contributed by atoms with van der Waals surface area (Å²) in [6.45, 7) is 4.20. The van der Waals surface area contributed by atoms with Crippen molar-refractivity contribution >= 4 is 11.9 Å². The molecule has 0 saturated heterocycles. The minimum Gasteiger partial charge on any atom is -0.351 e. The number of amides is 3. The van der Waals surface area contributed by atoms with Crippen molar-refractivity contribution in [3.63, 3.8) is 0 Å². The number of carbonyl (C=O) groups excluding carboxylic acids is 2. The molecule has 0 rings (SSSR count). The molecular formula is C8H17N3O2. The molecule has 5 heteroatoms. The van der Waals surface area contributed by atoms with Crippen LogP contribution in [0.2, 0.25) is 0 Å². The molecule has 4 N–H and O–H groups in total. The lowest BCUT2D eigenvalue weighted by Crippen LogP contribution is -2.43. The van der Waals surface area contributed by atoms with Crippen molar-refractivity contribution in [2.75, 3.05) is 6.54 Å². The molecule has 0 bridgehead atoms. The first-order valence-corrected chi connectivity index (χ1v) is 4.42. The number of hydrogen-bond acceptors (Lipinski definition) is 3. The van der Waals surface area contributed by atoms with E-state index in [1.165, 1.54) is 0 Å². The first-order chi connectivity index (χ1) is 6.10. The predicted octanol–water partition coefficient (Wildman–Crippen LogP) is -0.0405. The number of primary amides is 1. The Morgan fingerprint density at radius 1 is 1.31 bits per heavy atom. The Balaban J connectivity index is 3.62. The zero-order chi connectivity index (χ0) is 10.3. The van der Waals surface area contributed by atoms with Crippen molar-refractivity contribution in [3.8, 4) is 0 Å². The summed E-state index contributed by atoms with van der Waals surface area (Å²) in [4.78, 5) is 21.2. The van der Waals surface area contributed by atoms with E-state index in [9.17, 15) is 9.59 Å². The topological polar surface area (TPSA) is 84.2 Å². The average Bonchev–Trinajstić information content (AvgIpc) is 2.05. The van der Waals surface area contributed by atoms with Crippen LogP contribution in [-0.2, 0) is 4.79 Å². The average molecular weight is 187 g/mol. The predicted molar refractivity (Wildman–Crippen MR) is 50.1 cm³/mol. The van der Waals surface area contributed by atoms with Gasteiger partial charge in [0.1, 0.15) is 0 Å². The highest BCUT2D eigenvalue weighted by Crippen LogP contribution is 1.94. The van der Waals surface area contributed by atoms with E-state index in [4.69, 9.17) is 5.73 Å². The smallest absolute Gasteiger partial charge is 0.318 e. The van der Waals surface area contributed by atoms with Gasteiger partial charge >= 0.3 is 6.03 Å². The summed E-state index contributed by atoms with van der Waals surface area (Å²) in [5.74, 6) is -0.389. The quantitative estimate of drug-likeness (QED) is 0.564. The van der Waals surface area contributed by atoms with E-state index >= 15 is 0 Å². The fourth-order valence-electron chi connectivity index (χ4n) is 0.996. The van der Waals surface area contributed by atoms with Gasteiger partial charge in [-0.1, -0.05) is 13.8 Å². The van der Waals surface area contributed by atoms with Gasteiger partial charge in [0.15, 0.2) is 0 Å². The minimum atomic E-state index is -0.809. The van der Waals surface area contributed by atoms with E-state index < -0.39 is 6.03 Å². The molecule has 3 amide bonds. The number of nitrogens with two attached hydrogens (primary N) is 1. The maximum Gasteiger partial charge on any atom is 0.318 e. The van der Waals surface area contributed by atoms with Crippen molar-refractivity contribution in [1.82, 2.24) is 10.6 Å². The number of carbonyl (C=O) groups is 2. The molecule has 0 fully saturated rings. The first-order valence-electron chi connectivity index (χ1n) is 4.42. The van der Waals surface area contributed by atoms with Gasteiger partial charge in [0.25, 0.3) is 0 Å². The number of imide groups is 1. The molecule has 0 atom stereocenters. The van der Waals surface area contributed by atoms with Crippen LogP contribution >= 0.6 is 0 Å². The van der Waals surface area contributed by atoms with Crippen molar-refractivity contribution in [3.05, 3.63) is 0 Å². The summed E-state index contributed by atoms with van der Waals surface area (Å²) in [5.41, 5.74) is 4.77. The Morgan fingerprint density at radius 2 is 1.85 bits per heavy atom. The molecule has 5 nitrogen and oxygen atoms in total. The molecule has 0 heterocycles. The van der Waals surface area contributed by atoms with E-state index in [1.807, 2.05) is 19.2 Å². The Morgan fingerprint density at radius 3 is 2.23 bits per heavy atom. The molecule has 0 aromatic heterocycles. The van der Waals surface area contributed by atoms with Crippen LogP contribution < -0.4 is 16.4 Å². The second-order valence-electron chi connectivity index (χ2n) is 2.81. The number of urea groups is 1. The standard InChI is InChI=1S/C8H17N3O2/c1-3-6(4-2)10-5-7(12)11-8(9)13/h6,10H,3-5H2,1-2H3,(H3,9,11,12,13). The minimum absolute atomic E-state index is 0.134. The second kappa shape index (κ2) is 6.42. The monoisotopic (exact) mass is 187 g/mol. The van der Waals surface area contributed by atoms with Gasteiger partial charge in [-0.25, -0.2) is 4.79 Å². The molecular weight excluding hydrogens is 170 g/mol. The highest BCUT2D eigenvalue weighted by molar-refractivity contribution is 5.94. The van der Waals surface area contributed by atoms with Gasteiger partial charge in [-0.15, -0.1) is 0 Å². The molecule has 76 valence electrons. The summed E-state index contributed by atoms with van der Waals surface area (Å²) in [5, 5.41) is 4.99. The van der Waals surface area contributed by atoms with Gasteiger partial charge in [-0.05, 0) is 12.8 Å². The SMILES string of the molecule is CCC(CC)NCC(=O)NC(N)=O. The molecule has 0 aromatic rings. The van der Waals surface area contributed by atoms with E-state index in [-0.39, 0.29) is 12.5 Å². The van der Waals surface area contributed by atoms with Crippen molar-refractivity contribution in [2.45, 2.75) is 32.7 Å². The maximum atomic E-state index is 10.9. The maximum absolute atomic E-state index is 10.9. The third-order valence-corrected chi connectivity index (χ3v) is 1.80. The van der Waals surface area contributed by atoms with Gasteiger partial charge < -0.3 is 11.1 Å². The third-order valence-electron chi connectivity index (χ3n) is 1.80. The highest BCUT2D eigenvalue weighted by Gasteiger charge is 2.06. The Kier molecular flexibility index (Phi) is 5.88. The van der Waals surface area contributed by atoms with Crippen LogP contribution in [0.4, 0.5) is 4.79 Å². The fourth-order valence-corrected chi connectivity index (χ4v) is 0.996. The number of rotatable bonds is 5. The van der Waals surface area contributed by atoms with Gasteiger partial charge in [0.2, 0.25) is 5.91 Å². The zero-order valence-corrected chi connectivity index (χ0v) is 8.09. The van der Waals surface area contributed by atoms with Crippen LogP contribution in [0.1, 0.15) is 26.7 Å². The van der Waals surface area contributed by atoms with E-state index in [2.05, 4.69) is 5.32 Å². The molecule has 0 unspecified atom stereocenters. The van der Waals surface area contributed by atoms with Crippen molar-refractivity contribution in [1.29, 1.82) is 0 Å². The molecule has 0 aromatic carbocycles. The molecule has 0 aliphatic heterocycles. The van der Waals surface area contributed by atoms with Crippen LogP contribution in [0, 0.1) is 0 Å². The molecule has 13 heavy (non-hydrogen) atoms. The lowest BCUT2D eigenvalue weighted by Gasteiger charge is -2.13. The lowest BCUT2D eigenvalue weighted by atomic mass is 10.2. The third kappa shape index (κ3) is 6.10. The Labute approximate surface area is 78.1 Å². The van der Waals surface area contributed by atoms with Crippen LogP contribution in [0.3, 0.4) is 0 Å². The Bertz CT molecular complexity index is 178. The molecule has 0 radical (unpaired) electrons. The van der Waals surface area contributed by atoms with Crippen LogP contribution in [0.15, 0.2) is 0 Å². The van der Waals surface area contributed by atoms with Gasteiger partial charge in [-0.2, -0.15) is 0 Å². The largest absolute Gasteiger partial charge is 0.351 e. The van der Waals surface area contributed by atoms with Crippen LogP contribution in [-0.4, -0.2) is 24.5 Å². The fraction of sp³-hybridized carbons (Fsp3) is 0.750. The number of hydrogen-bond donors (Lipinski definition) is 3. The van der Waals surface area contributed by atoms with Crippen LogP contribution in [0.5, 0.6) is 0 Å². The molecule has 0 spiro atoms. The van der Waals surface area contributed by atoms with Gasteiger partial charge in [0, 0.05) is 6.04 Å². The molecule has 0 aliphatic carbocycles. The zero-order valence-electron chi connectivity index (χ0n) is 8.09. The second-order valence-corrected chi connectivity index (χ2v) is 2.81.